The summed E-state index contributed by atoms with van der Waals surface area (Å²) < 4.78 is 7.44. The van der Waals surface area contributed by atoms with E-state index in [1.807, 2.05) is 41.1 Å². The van der Waals surface area contributed by atoms with Gasteiger partial charge < -0.3 is 14.3 Å². The van der Waals surface area contributed by atoms with Crippen molar-refractivity contribution in [2.24, 2.45) is 0 Å². The van der Waals surface area contributed by atoms with E-state index in [1.54, 1.807) is 30.9 Å². The molecule has 1 amide bonds. The molecule has 0 aliphatic carbocycles. The molecule has 0 aliphatic heterocycles. The Balaban J connectivity index is 1.62. The summed E-state index contributed by atoms with van der Waals surface area (Å²) in [5, 5.41) is 4.40. The van der Waals surface area contributed by atoms with Gasteiger partial charge in [0.1, 0.15) is 5.58 Å². The van der Waals surface area contributed by atoms with Crippen molar-refractivity contribution in [1.82, 2.24) is 14.9 Å². The second-order valence-electron chi connectivity index (χ2n) is 5.58. The number of amides is 1. The Morgan fingerprint density at radius 3 is 2.96 bits per heavy atom. The van der Waals surface area contributed by atoms with Gasteiger partial charge in [-0.25, -0.2) is 4.98 Å². The third kappa shape index (κ3) is 3.02. The van der Waals surface area contributed by atoms with Gasteiger partial charge in [-0.3, -0.25) is 4.79 Å². The Labute approximate surface area is 148 Å². The lowest BCUT2D eigenvalue weighted by molar-refractivity contribution is 0.0951. The molecule has 2 aromatic carbocycles. The summed E-state index contributed by atoms with van der Waals surface area (Å²) in [7, 11) is 0. The number of aromatic nitrogens is 2. The van der Waals surface area contributed by atoms with Crippen molar-refractivity contribution in [3.05, 3.63) is 83.6 Å². The summed E-state index contributed by atoms with van der Waals surface area (Å²) in [6.07, 6.45) is 6.84. The summed E-state index contributed by atoms with van der Waals surface area (Å²) in [6, 6.07) is 12.9. The number of carbonyl (C=O) groups is 1. The molecule has 0 atom stereocenters. The normalized spacial score (nSPS) is 10.9. The number of hydrogen-bond donors (Lipinski definition) is 1. The van der Waals surface area contributed by atoms with Gasteiger partial charge in [0.15, 0.2) is 0 Å². The van der Waals surface area contributed by atoms with E-state index in [0.717, 1.165) is 16.6 Å². The summed E-state index contributed by atoms with van der Waals surface area (Å²) >= 11 is 5.97. The molecule has 0 bridgehead atoms. The zero-order valence-electron chi connectivity index (χ0n) is 13.1. The minimum Gasteiger partial charge on any atom is -0.463 e. The molecule has 25 heavy (non-hydrogen) atoms. The maximum absolute atomic E-state index is 12.6. The molecule has 0 saturated carbocycles. The van der Waals surface area contributed by atoms with Crippen LogP contribution in [-0.2, 0) is 6.54 Å². The van der Waals surface area contributed by atoms with E-state index < -0.39 is 0 Å². The number of nitrogens with one attached hydrogen (secondary N) is 1. The Bertz CT molecular complexity index is 1040. The van der Waals surface area contributed by atoms with Crippen LogP contribution in [0.4, 0.5) is 0 Å². The Morgan fingerprint density at radius 2 is 2.16 bits per heavy atom. The van der Waals surface area contributed by atoms with Crippen LogP contribution < -0.4 is 5.32 Å². The lowest BCUT2D eigenvalue weighted by Crippen LogP contribution is -2.23. The van der Waals surface area contributed by atoms with Gasteiger partial charge in [0.05, 0.1) is 23.8 Å². The van der Waals surface area contributed by atoms with E-state index in [1.165, 1.54) is 0 Å². The molecule has 0 unspecified atom stereocenters. The molecular weight excluding hydrogens is 338 g/mol. The van der Waals surface area contributed by atoms with Crippen LogP contribution in [0.2, 0.25) is 5.02 Å². The van der Waals surface area contributed by atoms with Gasteiger partial charge in [-0.2, -0.15) is 0 Å². The zero-order chi connectivity index (χ0) is 17.2. The minimum absolute atomic E-state index is 0.197. The summed E-state index contributed by atoms with van der Waals surface area (Å²) in [5.41, 5.74) is 2.89. The number of nitrogens with zero attached hydrogens (tertiary/aromatic N) is 2. The second kappa shape index (κ2) is 6.45. The molecule has 4 rings (SSSR count). The second-order valence-corrected chi connectivity index (χ2v) is 6.01. The van der Waals surface area contributed by atoms with Crippen molar-refractivity contribution in [3.8, 4) is 5.69 Å². The molecule has 0 fully saturated rings. The van der Waals surface area contributed by atoms with Crippen molar-refractivity contribution in [2.45, 2.75) is 6.54 Å². The number of imidazole rings is 1. The lowest BCUT2D eigenvalue weighted by Gasteiger charge is -2.09. The first kappa shape index (κ1) is 15.5. The number of halogens is 1. The van der Waals surface area contributed by atoms with Crippen LogP contribution in [0.25, 0.3) is 16.7 Å². The average molecular weight is 352 g/mol. The van der Waals surface area contributed by atoms with Crippen LogP contribution in [0, 0.1) is 0 Å². The molecule has 0 aliphatic rings. The standard InChI is InChI=1S/C19H14ClN3O2/c20-14-3-1-2-13(10-14)11-22-19(24)16-4-5-17(23-8-7-21-12-23)15-6-9-25-18(15)16/h1-10,12H,11H2,(H,22,24). The van der Waals surface area contributed by atoms with Gasteiger partial charge in [0.25, 0.3) is 5.91 Å². The van der Waals surface area contributed by atoms with Crippen molar-refractivity contribution in [3.63, 3.8) is 0 Å². The number of carbonyl (C=O) groups excluding carboxylic acids is 1. The Morgan fingerprint density at radius 1 is 1.24 bits per heavy atom. The summed E-state index contributed by atoms with van der Waals surface area (Å²) in [5.74, 6) is -0.197. The Hall–Kier alpha value is -3.05. The first-order valence-electron chi connectivity index (χ1n) is 7.73. The smallest absolute Gasteiger partial charge is 0.255 e. The van der Waals surface area contributed by atoms with E-state index in [4.69, 9.17) is 16.0 Å². The maximum Gasteiger partial charge on any atom is 0.255 e. The highest BCUT2D eigenvalue weighted by molar-refractivity contribution is 6.30. The molecule has 0 saturated heterocycles. The molecule has 0 spiro atoms. The predicted octanol–water partition coefficient (Wildman–Crippen LogP) is 4.20. The predicted molar refractivity (Wildman–Crippen MR) is 96.0 cm³/mol. The van der Waals surface area contributed by atoms with Crippen molar-refractivity contribution in [1.29, 1.82) is 0 Å². The number of hydrogen-bond acceptors (Lipinski definition) is 3. The van der Waals surface area contributed by atoms with Gasteiger partial charge >= 0.3 is 0 Å². The lowest BCUT2D eigenvalue weighted by atomic mass is 10.1. The molecule has 6 heteroatoms. The van der Waals surface area contributed by atoms with Gasteiger partial charge in [-0.1, -0.05) is 23.7 Å². The molecule has 0 radical (unpaired) electrons. The molecule has 5 nitrogen and oxygen atoms in total. The first-order chi connectivity index (χ1) is 12.2. The van der Waals surface area contributed by atoms with E-state index in [9.17, 15) is 4.79 Å². The SMILES string of the molecule is O=C(NCc1cccc(Cl)c1)c1ccc(-n2ccnc2)c2ccoc12. The monoisotopic (exact) mass is 351 g/mol. The van der Waals surface area contributed by atoms with Crippen LogP contribution in [0.5, 0.6) is 0 Å². The van der Waals surface area contributed by atoms with E-state index in [2.05, 4.69) is 10.3 Å². The van der Waals surface area contributed by atoms with Crippen LogP contribution in [0.15, 0.2) is 71.9 Å². The van der Waals surface area contributed by atoms with Crippen molar-refractivity contribution >= 4 is 28.5 Å². The minimum atomic E-state index is -0.197. The number of fused-ring (bicyclic) bond motifs is 1. The highest BCUT2D eigenvalue weighted by Gasteiger charge is 2.16. The van der Waals surface area contributed by atoms with Crippen LogP contribution in [0.3, 0.4) is 0 Å². The van der Waals surface area contributed by atoms with Gasteiger partial charge in [-0.05, 0) is 35.9 Å². The number of rotatable bonds is 4. The van der Waals surface area contributed by atoms with Crippen molar-refractivity contribution < 1.29 is 9.21 Å². The highest BCUT2D eigenvalue weighted by atomic mass is 35.5. The van der Waals surface area contributed by atoms with E-state index in [0.29, 0.717) is 22.7 Å². The fourth-order valence-corrected chi connectivity index (χ4v) is 2.99. The molecule has 2 heterocycles. The summed E-state index contributed by atoms with van der Waals surface area (Å²) in [6.45, 7) is 0.394. The number of furan rings is 1. The van der Waals surface area contributed by atoms with Gasteiger partial charge in [0.2, 0.25) is 0 Å². The highest BCUT2D eigenvalue weighted by Crippen LogP contribution is 2.27. The summed E-state index contributed by atoms with van der Waals surface area (Å²) in [4.78, 5) is 16.6. The first-order valence-corrected chi connectivity index (χ1v) is 8.11. The van der Waals surface area contributed by atoms with Gasteiger partial charge in [0, 0.05) is 29.3 Å². The topological polar surface area (TPSA) is 60.1 Å². The van der Waals surface area contributed by atoms with Crippen molar-refractivity contribution in [2.75, 3.05) is 0 Å². The Kier molecular flexibility index (Phi) is 3.99. The molecule has 4 aromatic rings. The molecule has 1 N–H and O–H groups in total. The van der Waals surface area contributed by atoms with E-state index >= 15 is 0 Å². The molecule has 124 valence electrons. The molecule has 2 aromatic heterocycles. The fourth-order valence-electron chi connectivity index (χ4n) is 2.78. The van der Waals surface area contributed by atoms with Crippen LogP contribution in [0.1, 0.15) is 15.9 Å². The molecular formula is C19H14ClN3O2. The zero-order valence-corrected chi connectivity index (χ0v) is 13.9. The van der Waals surface area contributed by atoms with Crippen LogP contribution >= 0.6 is 11.6 Å². The van der Waals surface area contributed by atoms with Gasteiger partial charge in [-0.15, -0.1) is 0 Å². The maximum atomic E-state index is 12.6. The fraction of sp³-hybridized carbons (Fsp3) is 0.0526. The average Bonchev–Trinajstić information content (AvgIpc) is 3.30. The third-order valence-electron chi connectivity index (χ3n) is 3.96. The van der Waals surface area contributed by atoms with Crippen LogP contribution in [-0.4, -0.2) is 15.5 Å². The van der Waals surface area contributed by atoms with E-state index in [-0.39, 0.29) is 5.91 Å². The third-order valence-corrected chi connectivity index (χ3v) is 4.20. The number of benzene rings is 2. The quantitative estimate of drug-likeness (QED) is 0.599. The largest absolute Gasteiger partial charge is 0.463 e.